The molecular formula is C14H27NO2S. The van der Waals surface area contributed by atoms with Gasteiger partial charge in [0.1, 0.15) is 0 Å². The first-order chi connectivity index (χ1) is 8.37. The molecule has 1 saturated carbocycles. The van der Waals surface area contributed by atoms with Crippen LogP contribution >= 0.6 is 11.8 Å². The maximum atomic E-state index is 11.7. The van der Waals surface area contributed by atoms with Crippen LogP contribution in [-0.2, 0) is 4.79 Å². The number of rotatable bonds is 7. The predicted octanol–water partition coefficient (Wildman–Crippen LogP) is 2.43. The number of hydrogen-bond donors (Lipinski definition) is 2. The highest BCUT2D eigenvalue weighted by Gasteiger charge is 2.23. The van der Waals surface area contributed by atoms with Gasteiger partial charge in [0.25, 0.3) is 0 Å². The zero-order chi connectivity index (χ0) is 13.6. The second-order valence-corrected chi connectivity index (χ2v) is 7.31. The molecule has 0 heterocycles. The van der Waals surface area contributed by atoms with Crippen LogP contribution in [0.1, 0.15) is 46.5 Å². The molecular weight excluding hydrogens is 246 g/mol. The third-order valence-corrected chi connectivity index (χ3v) is 4.70. The van der Waals surface area contributed by atoms with E-state index >= 15 is 0 Å². The summed E-state index contributed by atoms with van der Waals surface area (Å²) in [5.41, 5.74) is -0.616. The second kappa shape index (κ2) is 7.39. The Bertz CT molecular complexity index is 263. The van der Waals surface area contributed by atoms with Crippen LogP contribution in [0.5, 0.6) is 0 Å². The molecule has 1 rings (SSSR count). The molecule has 18 heavy (non-hydrogen) atoms. The highest BCUT2D eigenvalue weighted by Crippen LogP contribution is 2.32. The summed E-state index contributed by atoms with van der Waals surface area (Å²) in [6.07, 6.45) is 4.39. The van der Waals surface area contributed by atoms with E-state index in [1.165, 1.54) is 19.3 Å². The van der Waals surface area contributed by atoms with Gasteiger partial charge in [-0.1, -0.05) is 13.3 Å². The highest BCUT2D eigenvalue weighted by molar-refractivity contribution is 7.99. The molecule has 2 atom stereocenters. The van der Waals surface area contributed by atoms with Crippen LogP contribution in [0.2, 0.25) is 0 Å². The lowest BCUT2D eigenvalue weighted by molar-refractivity contribution is -0.121. The molecule has 0 saturated heterocycles. The van der Waals surface area contributed by atoms with E-state index in [0.29, 0.717) is 24.6 Å². The molecule has 4 heteroatoms. The summed E-state index contributed by atoms with van der Waals surface area (Å²) in [6, 6.07) is 0. The van der Waals surface area contributed by atoms with Crippen LogP contribution < -0.4 is 5.32 Å². The minimum atomic E-state index is -0.616. The Morgan fingerprint density at radius 1 is 1.44 bits per heavy atom. The molecule has 0 spiro atoms. The van der Waals surface area contributed by atoms with Gasteiger partial charge in [0.2, 0.25) is 5.91 Å². The summed E-state index contributed by atoms with van der Waals surface area (Å²) in [4.78, 5) is 11.7. The summed E-state index contributed by atoms with van der Waals surface area (Å²) in [5.74, 6) is 3.17. The minimum absolute atomic E-state index is 0.193. The summed E-state index contributed by atoms with van der Waals surface area (Å²) in [7, 11) is 0. The first-order valence-electron chi connectivity index (χ1n) is 6.93. The van der Waals surface area contributed by atoms with Gasteiger partial charge in [0.15, 0.2) is 0 Å². The fourth-order valence-corrected chi connectivity index (χ4v) is 3.32. The van der Waals surface area contributed by atoms with Gasteiger partial charge in [0.05, 0.1) is 5.60 Å². The molecule has 0 bridgehead atoms. The second-order valence-electron chi connectivity index (χ2n) is 6.20. The lowest BCUT2D eigenvalue weighted by Gasteiger charge is -2.16. The van der Waals surface area contributed by atoms with Crippen molar-refractivity contribution < 1.29 is 9.90 Å². The van der Waals surface area contributed by atoms with E-state index in [4.69, 9.17) is 0 Å². The van der Waals surface area contributed by atoms with Gasteiger partial charge >= 0.3 is 0 Å². The van der Waals surface area contributed by atoms with E-state index in [2.05, 4.69) is 12.2 Å². The van der Waals surface area contributed by atoms with E-state index in [1.54, 1.807) is 25.6 Å². The molecule has 0 radical (unpaired) electrons. The zero-order valence-corrected chi connectivity index (χ0v) is 12.7. The van der Waals surface area contributed by atoms with Crippen molar-refractivity contribution in [2.75, 3.05) is 18.1 Å². The number of thioether (sulfide) groups is 1. The smallest absolute Gasteiger partial charge is 0.220 e. The van der Waals surface area contributed by atoms with Crippen LogP contribution in [0.25, 0.3) is 0 Å². The van der Waals surface area contributed by atoms with E-state index in [1.807, 2.05) is 0 Å². The zero-order valence-electron chi connectivity index (χ0n) is 11.9. The lowest BCUT2D eigenvalue weighted by atomic mass is 10.0. The van der Waals surface area contributed by atoms with E-state index in [0.717, 1.165) is 11.7 Å². The average molecular weight is 273 g/mol. The van der Waals surface area contributed by atoms with Gasteiger partial charge in [-0.25, -0.2) is 0 Å². The van der Waals surface area contributed by atoms with Crippen LogP contribution in [0.3, 0.4) is 0 Å². The highest BCUT2D eigenvalue weighted by atomic mass is 32.2. The molecule has 2 N–H and O–H groups in total. The number of nitrogens with one attached hydrogen (secondary N) is 1. The SMILES string of the molecule is C[C@@H]1CC[C@H](CC(=O)NCCSCC(C)(C)O)C1. The molecule has 0 aromatic rings. The van der Waals surface area contributed by atoms with Crippen molar-refractivity contribution in [2.24, 2.45) is 11.8 Å². The average Bonchev–Trinajstić information content (AvgIpc) is 2.61. The van der Waals surface area contributed by atoms with Crippen molar-refractivity contribution in [2.45, 2.75) is 52.1 Å². The first-order valence-corrected chi connectivity index (χ1v) is 8.09. The number of amides is 1. The third-order valence-electron chi connectivity index (χ3n) is 3.30. The quantitative estimate of drug-likeness (QED) is 0.700. The molecule has 3 nitrogen and oxygen atoms in total. The monoisotopic (exact) mass is 273 g/mol. The Kier molecular flexibility index (Phi) is 6.50. The number of carbonyl (C=O) groups is 1. The lowest BCUT2D eigenvalue weighted by Crippen LogP contribution is -2.28. The molecule has 1 fully saturated rings. The van der Waals surface area contributed by atoms with Gasteiger partial charge in [-0.05, 0) is 38.5 Å². The molecule has 0 aromatic heterocycles. The van der Waals surface area contributed by atoms with Crippen molar-refractivity contribution in [1.82, 2.24) is 5.32 Å². The van der Waals surface area contributed by atoms with E-state index in [-0.39, 0.29) is 5.91 Å². The van der Waals surface area contributed by atoms with Crippen molar-refractivity contribution >= 4 is 17.7 Å². The number of carbonyl (C=O) groups excluding carboxylic acids is 1. The molecule has 0 unspecified atom stereocenters. The Labute approximate surface area is 115 Å². The third kappa shape index (κ3) is 7.27. The maximum absolute atomic E-state index is 11.7. The van der Waals surface area contributed by atoms with E-state index in [9.17, 15) is 9.90 Å². The Morgan fingerprint density at radius 3 is 2.72 bits per heavy atom. The first kappa shape index (κ1) is 15.8. The number of hydrogen-bond acceptors (Lipinski definition) is 3. The molecule has 1 aliphatic carbocycles. The summed E-state index contributed by atoms with van der Waals surface area (Å²) < 4.78 is 0. The van der Waals surface area contributed by atoms with Gasteiger partial charge < -0.3 is 10.4 Å². The van der Waals surface area contributed by atoms with Crippen LogP contribution in [-0.4, -0.2) is 34.7 Å². The van der Waals surface area contributed by atoms with Gasteiger partial charge in [0, 0.05) is 24.5 Å². The van der Waals surface area contributed by atoms with Crippen LogP contribution in [0.15, 0.2) is 0 Å². The van der Waals surface area contributed by atoms with Crippen molar-refractivity contribution in [3.05, 3.63) is 0 Å². The molecule has 0 aromatic carbocycles. The summed E-state index contributed by atoms with van der Waals surface area (Å²) in [5, 5.41) is 12.5. The topological polar surface area (TPSA) is 49.3 Å². The Morgan fingerprint density at radius 2 is 2.17 bits per heavy atom. The van der Waals surface area contributed by atoms with Crippen molar-refractivity contribution in [3.8, 4) is 0 Å². The fraction of sp³-hybridized carbons (Fsp3) is 0.929. The Hall–Kier alpha value is -0.220. The number of aliphatic hydroxyl groups is 1. The van der Waals surface area contributed by atoms with Crippen LogP contribution in [0, 0.1) is 11.8 Å². The molecule has 1 amide bonds. The van der Waals surface area contributed by atoms with Gasteiger partial charge in [-0.2, -0.15) is 11.8 Å². The van der Waals surface area contributed by atoms with E-state index < -0.39 is 5.60 Å². The maximum Gasteiger partial charge on any atom is 0.220 e. The predicted molar refractivity (Wildman–Crippen MR) is 77.8 cm³/mol. The molecule has 106 valence electrons. The van der Waals surface area contributed by atoms with Gasteiger partial charge in [-0.15, -0.1) is 0 Å². The van der Waals surface area contributed by atoms with Crippen molar-refractivity contribution in [1.29, 1.82) is 0 Å². The molecule has 0 aliphatic heterocycles. The van der Waals surface area contributed by atoms with Gasteiger partial charge in [-0.3, -0.25) is 4.79 Å². The van der Waals surface area contributed by atoms with Crippen molar-refractivity contribution in [3.63, 3.8) is 0 Å². The summed E-state index contributed by atoms with van der Waals surface area (Å²) >= 11 is 1.68. The Balaban J connectivity index is 2.00. The standard InChI is InChI=1S/C14H27NO2S/c1-11-4-5-12(8-11)9-13(16)15-6-7-18-10-14(2,3)17/h11-12,17H,4-10H2,1-3H3,(H,15,16)/t11-,12+/m1/s1. The minimum Gasteiger partial charge on any atom is -0.390 e. The molecule has 1 aliphatic rings. The largest absolute Gasteiger partial charge is 0.390 e. The summed E-state index contributed by atoms with van der Waals surface area (Å²) in [6.45, 7) is 6.59. The normalized spacial score (nSPS) is 24.2. The van der Waals surface area contributed by atoms with Crippen LogP contribution in [0.4, 0.5) is 0 Å². The fourth-order valence-electron chi connectivity index (χ4n) is 2.43.